The van der Waals surface area contributed by atoms with Gasteiger partial charge < -0.3 is 10.2 Å². The first-order valence-corrected chi connectivity index (χ1v) is 8.68. The molecule has 0 aliphatic heterocycles. The SMILES string of the molecule is Cc1c(N=Cc2c(N)oc3ccccc3c2=O)c(=O)n(-c2ccccc2)n1C. The lowest BCUT2D eigenvalue weighted by atomic mass is 10.1. The first kappa shape index (κ1) is 17.5. The van der Waals surface area contributed by atoms with Crippen molar-refractivity contribution in [2.45, 2.75) is 6.92 Å². The maximum Gasteiger partial charge on any atom is 0.297 e. The number of rotatable bonds is 3. The lowest BCUT2D eigenvalue weighted by molar-refractivity contribution is 0.624. The highest BCUT2D eigenvalue weighted by Crippen LogP contribution is 2.19. The van der Waals surface area contributed by atoms with Crippen LogP contribution in [0.15, 0.2) is 73.6 Å². The molecule has 0 radical (unpaired) electrons. The summed E-state index contributed by atoms with van der Waals surface area (Å²) in [5.74, 6) is -0.0376. The summed E-state index contributed by atoms with van der Waals surface area (Å²) in [6.45, 7) is 1.79. The molecule has 7 nitrogen and oxygen atoms in total. The number of para-hydroxylation sites is 2. The maximum absolute atomic E-state index is 12.9. The fraction of sp³-hybridized carbons (Fsp3) is 0.0952. The molecule has 2 N–H and O–H groups in total. The first-order chi connectivity index (χ1) is 13.5. The van der Waals surface area contributed by atoms with Crippen LogP contribution in [-0.4, -0.2) is 15.6 Å². The molecule has 0 aliphatic carbocycles. The summed E-state index contributed by atoms with van der Waals surface area (Å²) < 4.78 is 8.76. The number of fused-ring (bicyclic) bond motifs is 1. The van der Waals surface area contributed by atoms with Crippen LogP contribution in [-0.2, 0) is 7.05 Å². The number of nitrogens with zero attached hydrogens (tertiary/aromatic N) is 3. The lowest BCUT2D eigenvalue weighted by Gasteiger charge is -2.07. The van der Waals surface area contributed by atoms with Gasteiger partial charge in [0.1, 0.15) is 11.1 Å². The fourth-order valence-corrected chi connectivity index (χ4v) is 3.13. The molecule has 0 spiro atoms. The van der Waals surface area contributed by atoms with Crippen molar-refractivity contribution in [1.29, 1.82) is 0 Å². The van der Waals surface area contributed by atoms with Crippen molar-refractivity contribution in [3.05, 3.63) is 86.4 Å². The Kier molecular flexibility index (Phi) is 4.19. The topological polar surface area (TPSA) is 95.5 Å². The molecule has 2 aromatic carbocycles. The summed E-state index contributed by atoms with van der Waals surface area (Å²) in [6, 6.07) is 16.1. The van der Waals surface area contributed by atoms with Gasteiger partial charge in [0, 0.05) is 13.3 Å². The van der Waals surface area contributed by atoms with Crippen LogP contribution in [0.5, 0.6) is 0 Å². The van der Waals surface area contributed by atoms with Crippen LogP contribution in [0.3, 0.4) is 0 Å². The second kappa shape index (κ2) is 6.70. The van der Waals surface area contributed by atoms with Gasteiger partial charge in [-0.1, -0.05) is 30.3 Å². The Morgan fingerprint density at radius 2 is 1.71 bits per heavy atom. The van der Waals surface area contributed by atoms with Gasteiger partial charge in [-0.25, -0.2) is 9.67 Å². The predicted octanol–water partition coefficient (Wildman–Crippen LogP) is 2.92. The largest absolute Gasteiger partial charge is 0.440 e. The normalized spacial score (nSPS) is 11.5. The Morgan fingerprint density at radius 3 is 2.46 bits per heavy atom. The number of hydrogen-bond donors (Lipinski definition) is 1. The van der Waals surface area contributed by atoms with Gasteiger partial charge in [0.15, 0.2) is 5.69 Å². The molecule has 0 aliphatic rings. The minimum atomic E-state index is -0.292. The van der Waals surface area contributed by atoms with E-state index in [1.165, 1.54) is 10.9 Å². The van der Waals surface area contributed by atoms with Gasteiger partial charge in [0.05, 0.1) is 16.8 Å². The average Bonchev–Trinajstić information content (AvgIpc) is 2.91. The van der Waals surface area contributed by atoms with E-state index in [9.17, 15) is 9.59 Å². The second-order valence-electron chi connectivity index (χ2n) is 6.37. The molecule has 2 aromatic heterocycles. The smallest absolute Gasteiger partial charge is 0.297 e. The van der Waals surface area contributed by atoms with Crippen molar-refractivity contribution >= 4 is 28.8 Å². The van der Waals surface area contributed by atoms with E-state index in [0.717, 1.165) is 5.69 Å². The summed E-state index contributed by atoms with van der Waals surface area (Å²) in [7, 11) is 1.78. The molecule has 7 heteroatoms. The van der Waals surface area contributed by atoms with Crippen LogP contribution in [0.2, 0.25) is 0 Å². The summed E-state index contributed by atoms with van der Waals surface area (Å²) in [5.41, 5.74) is 7.48. The van der Waals surface area contributed by atoms with Gasteiger partial charge in [-0.05, 0) is 31.2 Å². The van der Waals surface area contributed by atoms with Crippen molar-refractivity contribution in [2.24, 2.45) is 12.0 Å². The van der Waals surface area contributed by atoms with E-state index >= 15 is 0 Å². The Hall–Kier alpha value is -3.87. The zero-order chi connectivity index (χ0) is 19.8. The zero-order valence-electron chi connectivity index (χ0n) is 15.4. The number of aliphatic imine (C=N–C) groups is 1. The number of anilines is 1. The van der Waals surface area contributed by atoms with E-state index in [0.29, 0.717) is 16.7 Å². The lowest BCUT2D eigenvalue weighted by Crippen LogP contribution is -2.19. The van der Waals surface area contributed by atoms with E-state index < -0.39 is 0 Å². The standard InChI is InChI=1S/C21H18N4O3/c1-13-18(21(27)25(24(13)2)14-8-4-3-5-9-14)23-12-16-19(26)15-10-6-7-11-17(15)28-20(16)22/h3-12H,22H2,1-2H3. The maximum atomic E-state index is 12.9. The summed E-state index contributed by atoms with van der Waals surface area (Å²) in [6.07, 6.45) is 1.30. The van der Waals surface area contributed by atoms with Crippen LogP contribution in [0.4, 0.5) is 11.6 Å². The Labute approximate surface area is 160 Å². The molecule has 0 fully saturated rings. The van der Waals surface area contributed by atoms with Gasteiger partial charge in [-0.2, -0.15) is 0 Å². The molecule has 28 heavy (non-hydrogen) atoms. The first-order valence-electron chi connectivity index (χ1n) is 8.68. The highest BCUT2D eigenvalue weighted by Gasteiger charge is 2.16. The quantitative estimate of drug-likeness (QED) is 0.558. The Balaban J connectivity index is 1.85. The predicted molar refractivity (Wildman–Crippen MR) is 110 cm³/mol. The second-order valence-corrected chi connectivity index (χ2v) is 6.37. The molecular formula is C21H18N4O3. The molecule has 0 amide bonds. The Bertz CT molecular complexity index is 1330. The van der Waals surface area contributed by atoms with Crippen molar-refractivity contribution in [3.63, 3.8) is 0 Å². The van der Waals surface area contributed by atoms with Crippen LogP contribution in [0.25, 0.3) is 16.7 Å². The van der Waals surface area contributed by atoms with Gasteiger partial charge in [-0.15, -0.1) is 0 Å². The number of aromatic nitrogens is 2. The van der Waals surface area contributed by atoms with Gasteiger partial charge >= 0.3 is 0 Å². The molecule has 4 aromatic rings. The van der Waals surface area contributed by atoms with Crippen LogP contribution < -0.4 is 16.7 Å². The van der Waals surface area contributed by atoms with Gasteiger partial charge in [0.2, 0.25) is 11.3 Å². The molecular weight excluding hydrogens is 356 g/mol. The van der Waals surface area contributed by atoms with Crippen LogP contribution in [0.1, 0.15) is 11.3 Å². The Morgan fingerprint density at radius 1 is 1.04 bits per heavy atom. The van der Waals surface area contributed by atoms with Crippen molar-refractivity contribution in [1.82, 2.24) is 9.36 Å². The summed E-state index contributed by atoms with van der Waals surface area (Å²) >= 11 is 0. The molecule has 0 saturated heterocycles. The third-order valence-electron chi connectivity index (χ3n) is 4.71. The van der Waals surface area contributed by atoms with E-state index in [2.05, 4.69) is 4.99 Å². The monoisotopic (exact) mass is 374 g/mol. The minimum Gasteiger partial charge on any atom is -0.440 e. The van der Waals surface area contributed by atoms with Crippen LogP contribution >= 0.6 is 0 Å². The molecule has 0 atom stereocenters. The molecule has 4 rings (SSSR count). The molecule has 140 valence electrons. The number of hydrogen-bond acceptors (Lipinski definition) is 5. The molecule has 0 saturated carbocycles. The average molecular weight is 374 g/mol. The van der Waals surface area contributed by atoms with Crippen molar-refractivity contribution < 1.29 is 4.42 Å². The van der Waals surface area contributed by atoms with E-state index in [-0.39, 0.29) is 28.1 Å². The van der Waals surface area contributed by atoms with Crippen LogP contribution in [0, 0.1) is 6.92 Å². The number of benzene rings is 2. The summed E-state index contributed by atoms with van der Waals surface area (Å²) in [5, 5.41) is 0.407. The van der Waals surface area contributed by atoms with E-state index in [4.69, 9.17) is 10.2 Å². The fourth-order valence-electron chi connectivity index (χ4n) is 3.13. The highest BCUT2D eigenvalue weighted by molar-refractivity contribution is 5.92. The van der Waals surface area contributed by atoms with E-state index in [1.54, 1.807) is 42.9 Å². The molecule has 0 unspecified atom stereocenters. The third-order valence-corrected chi connectivity index (χ3v) is 4.71. The van der Waals surface area contributed by atoms with Crippen molar-refractivity contribution in [3.8, 4) is 5.69 Å². The molecule has 2 heterocycles. The third kappa shape index (κ3) is 2.73. The molecule has 0 bridgehead atoms. The van der Waals surface area contributed by atoms with Gasteiger partial charge in [-0.3, -0.25) is 14.3 Å². The van der Waals surface area contributed by atoms with Crippen molar-refractivity contribution in [2.75, 3.05) is 5.73 Å². The minimum absolute atomic E-state index is 0.0376. The highest BCUT2D eigenvalue weighted by atomic mass is 16.3. The number of nitrogen functional groups attached to an aromatic ring is 1. The summed E-state index contributed by atoms with van der Waals surface area (Å²) in [4.78, 5) is 29.9. The zero-order valence-corrected chi connectivity index (χ0v) is 15.4. The number of nitrogens with two attached hydrogens (primary N) is 1. The van der Waals surface area contributed by atoms with E-state index in [1.807, 2.05) is 30.3 Å². The van der Waals surface area contributed by atoms with Gasteiger partial charge in [0.25, 0.3) is 5.56 Å².